The van der Waals surface area contributed by atoms with Crippen LogP contribution in [-0.2, 0) is 0 Å². The minimum Gasteiger partial charge on any atom is -0.497 e. The third kappa shape index (κ3) is 4.85. The van der Waals surface area contributed by atoms with Gasteiger partial charge in [-0.3, -0.25) is 5.43 Å². The Bertz CT molecular complexity index is 718. The van der Waals surface area contributed by atoms with E-state index < -0.39 is 0 Å². The van der Waals surface area contributed by atoms with E-state index in [1.807, 2.05) is 42.5 Å². The van der Waals surface area contributed by atoms with Gasteiger partial charge in [0.1, 0.15) is 5.75 Å². The lowest BCUT2D eigenvalue weighted by Crippen LogP contribution is -2.23. The fourth-order valence-electron chi connectivity index (χ4n) is 1.93. The third-order valence-electron chi connectivity index (χ3n) is 3.14. The highest BCUT2D eigenvalue weighted by Gasteiger charge is 2.03. The summed E-state index contributed by atoms with van der Waals surface area (Å²) in [6.07, 6.45) is 1.64. The molecule has 0 radical (unpaired) electrons. The minimum atomic E-state index is 0.386. The van der Waals surface area contributed by atoms with Gasteiger partial charge in [0.05, 0.1) is 27.5 Å². The van der Waals surface area contributed by atoms with Gasteiger partial charge in [-0.05, 0) is 60.2 Å². The largest absolute Gasteiger partial charge is 0.497 e. The summed E-state index contributed by atoms with van der Waals surface area (Å²) in [4.78, 5) is 0. The number of rotatable bonds is 6. The van der Waals surface area contributed by atoms with Crippen LogP contribution in [0, 0.1) is 0 Å². The molecule has 2 N–H and O–H groups in total. The first-order valence-electron chi connectivity index (χ1n) is 7.12. The summed E-state index contributed by atoms with van der Waals surface area (Å²) >= 11 is 5.19. The summed E-state index contributed by atoms with van der Waals surface area (Å²) in [5.74, 6) is 2.09. The van der Waals surface area contributed by atoms with Crippen molar-refractivity contribution in [2.24, 2.45) is 5.10 Å². The molecule has 0 heterocycles. The van der Waals surface area contributed by atoms with Gasteiger partial charge in [-0.15, -0.1) is 0 Å². The van der Waals surface area contributed by atoms with Crippen molar-refractivity contribution in [3.8, 4) is 17.2 Å². The van der Waals surface area contributed by atoms with Crippen molar-refractivity contribution < 1.29 is 14.2 Å². The summed E-state index contributed by atoms with van der Waals surface area (Å²) < 4.78 is 15.5. The van der Waals surface area contributed by atoms with Crippen LogP contribution < -0.4 is 25.0 Å². The molecular formula is C17H19N3O3S. The standard InChI is InChI=1S/C17H19N3O3S/c1-21-14-7-5-13(6-8-14)19-17(24)20-18-11-12-4-9-15(22-2)16(10-12)23-3/h4-11H,1-3H3,(H2,19,20,24). The average Bonchev–Trinajstić information content (AvgIpc) is 2.62. The molecule has 0 aromatic heterocycles. The molecule has 0 unspecified atom stereocenters. The summed E-state index contributed by atoms with van der Waals surface area (Å²) in [5.41, 5.74) is 4.46. The highest BCUT2D eigenvalue weighted by Crippen LogP contribution is 2.26. The van der Waals surface area contributed by atoms with Gasteiger partial charge in [-0.25, -0.2) is 0 Å². The highest BCUT2D eigenvalue weighted by atomic mass is 32.1. The molecule has 0 aliphatic rings. The Morgan fingerprint density at radius 2 is 1.67 bits per heavy atom. The van der Waals surface area contributed by atoms with Crippen molar-refractivity contribution in [2.45, 2.75) is 0 Å². The number of methoxy groups -OCH3 is 3. The van der Waals surface area contributed by atoms with E-state index in [-0.39, 0.29) is 0 Å². The lowest BCUT2D eigenvalue weighted by Gasteiger charge is -2.08. The molecule has 6 nitrogen and oxygen atoms in total. The molecule has 2 aromatic carbocycles. The maximum absolute atomic E-state index is 5.25. The molecule has 24 heavy (non-hydrogen) atoms. The second-order valence-corrected chi connectivity index (χ2v) is 5.08. The second-order valence-electron chi connectivity index (χ2n) is 4.67. The Morgan fingerprint density at radius 1 is 0.958 bits per heavy atom. The number of anilines is 1. The minimum absolute atomic E-state index is 0.386. The van der Waals surface area contributed by atoms with E-state index in [1.54, 1.807) is 27.5 Å². The third-order valence-corrected chi connectivity index (χ3v) is 3.33. The predicted octanol–water partition coefficient (Wildman–Crippen LogP) is 3.03. The molecule has 0 spiro atoms. The fourth-order valence-corrected chi connectivity index (χ4v) is 2.10. The van der Waals surface area contributed by atoms with Crippen molar-refractivity contribution in [3.63, 3.8) is 0 Å². The summed E-state index contributed by atoms with van der Waals surface area (Å²) in [6.45, 7) is 0. The lowest BCUT2D eigenvalue weighted by atomic mass is 10.2. The SMILES string of the molecule is COc1ccc(NC(=S)NN=Cc2ccc(OC)c(OC)c2)cc1. The first kappa shape index (κ1) is 17.6. The number of benzene rings is 2. The lowest BCUT2D eigenvalue weighted by molar-refractivity contribution is 0.355. The molecule has 0 atom stereocenters. The van der Waals surface area contributed by atoms with Gasteiger partial charge in [-0.1, -0.05) is 0 Å². The molecule has 0 fully saturated rings. The molecule has 0 aliphatic heterocycles. The number of nitrogens with zero attached hydrogens (tertiary/aromatic N) is 1. The van der Waals surface area contributed by atoms with E-state index in [2.05, 4.69) is 15.8 Å². The van der Waals surface area contributed by atoms with Gasteiger partial charge in [0.2, 0.25) is 0 Å². The van der Waals surface area contributed by atoms with E-state index in [1.165, 1.54) is 0 Å². The molecule has 0 amide bonds. The van der Waals surface area contributed by atoms with Gasteiger partial charge >= 0.3 is 0 Å². The van der Waals surface area contributed by atoms with E-state index in [9.17, 15) is 0 Å². The molecule has 7 heteroatoms. The summed E-state index contributed by atoms with van der Waals surface area (Å²) in [7, 11) is 4.80. The molecule has 0 saturated carbocycles. The topological polar surface area (TPSA) is 64.1 Å². The molecule has 0 saturated heterocycles. The molecule has 126 valence electrons. The van der Waals surface area contributed by atoms with Crippen molar-refractivity contribution in [1.29, 1.82) is 0 Å². The van der Waals surface area contributed by atoms with Gasteiger partial charge in [0, 0.05) is 5.69 Å². The zero-order valence-corrected chi connectivity index (χ0v) is 14.5. The Kier molecular flexibility index (Phi) is 6.39. The van der Waals surface area contributed by atoms with Gasteiger partial charge in [0.15, 0.2) is 16.6 Å². The van der Waals surface area contributed by atoms with E-state index >= 15 is 0 Å². The summed E-state index contributed by atoms with van der Waals surface area (Å²) in [6, 6.07) is 12.9. The molecule has 2 aromatic rings. The fraction of sp³-hybridized carbons (Fsp3) is 0.176. The van der Waals surface area contributed by atoms with Gasteiger partial charge < -0.3 is 19.5 Å². The maximum atomic E-state index is 5.25. The number of hydrogen-bond acceptors (Lipinski definition) is 5. The van der Waals surface area contributed by atoms with E-state index in [0.29, 0.717) is 16.6 Å². The number of ether oxygens (including phenoxy) is 3. The zero-order valence-electron chi connectivity index (χ0n) is 13.7. The molecular weight excluding hydrogens is 326 g/mol. The first-order valence-corrected chi connectivity index (χ1v) is 7.53. The van der Waals surface area contributed by atoms with Crippen LogP contribution in [-0.4, -0.2) is 32.7 Å². The van der Waals surface area contributed by atoms with Crippen molar-refractivity contribution >= 4 is 29.2 Å². The smallest absolute Gasteiger partial charge is 0.191 e. The average molecular weight is 345 g/mol. The Hall–Kier alpha value is -2.80. The number of hydrogen-bond donors (Lipinski definition) is 2. The van der Waals surface area contributed by atoms with Gasteiger partial charge in [-0.2, -0.15) is 5.10 Å². The van der Waals surface area contributed by atoms with Crippen LogP contribution >= 0.6 is 12.2 Å². The monoisotopic (exact) mass is 345 g/mol. The Labute approximate surface area is 146 Å². The van der Waals surface area contributed by atoms with Gasteiger partial charge in [0.25, 0.3) is 0 Å². The number of hydrazone groups is 1. The first-order chi connectivity index (χ1) is 11.7. The molecule has 2 rings (SSSR count). The van der Waals surface area contributed by atoms with Crippen LogP contribution in [0.3, 0.4) is 0 Å². The van der Waals surface area contributed by atoms with Crippen LogP contribution in [0.2, 0.25) is 0 Å². The Morgan fingerprint density at radius 3 is 2.29 bits per heavy atom. The number of thiocarbonyl (C=S) groups is 1. The Balaban J connectivity index is 1.91. The zero-order chi connectivity index (χ0) is 17.4. The second kappa shape index (κ2) is 8.73. The maximum Gasteiger partial charge on any atom is 0.191 e. The normalized spacial score (nSPS) is 10.3. The molecule has 0 bridgehead atoms. The number of nitrogens with one attached hydrogen (secondary N) is 2. The van der Waals surface area contributed by atoms with Crippen molar-refractivity contribution in [1.82, 2.24) is 5.43 Å². The predicted molar refractivity (Wildman–Crippen MR) is 99.5 cm³/mol. The van der Waals surface area contributed by atoms with E-state index in [0.717, 1.165) is 17.0 Å². The van der Waals surface area contributed by atoms with Crippen molar-refractivity contribution in [2.75, 3.05) is 26.6 Å². The van der Waals surface area contributed by atoms with Crippen LogP contribution in [0.4, 0.5) is 5.69 Å². The molecule has 0 aliphatic carbocycles. The van der Waals surface area contributed by atoms with Crippen LogP contribution in [0.1, 0.15) is 5.56 Å². The van der Waals surface area contributed by atoms with Crippen LogP contribution in [0.25, 0.3) is 0 Å². The quantitative estimate of drug-likeness (QED) is 0.477. The van der Waals surface area contributed by atoms with Crippen molar-refractivity contribution in [3.05, 3.63) is 48.0 Å². The van der Waals surface area contributed by atoms with E-state index in [4.69, 9.17) is 26.4 Å². The summed E-state index contributed by atoms with van der Waals surface area (Å²) in [5, 5.41) is 7.52. The highest BCUT2D eigenvalue weighted by molar-refractivity contribution is 7.80. The van der Waals surface area contributed by atoms with Crippen LogP contribution in [0.5, 0.6) is 17.2 Å². The van der Waals surface area contributed by atoms with Crippen LogP contribution in [0.15, 0.2) is 47.6 Å².